The number of ether oxygens (including phenoxy) is 1. The number of nitrogens with one attached hydrogen (secondary N) is 1. The highest BCUT2D eigenvalue weighted by atomic mass is 19.3. The summed E-state index contributed by atoms with van der Waals surface area (Å²) in [5.41, 5.74) is -0.435. The molecule has 3 amide bonds. The molecule has 1 unspecified atom stereocenters. The Bertz CT molecular complexity index is 1380. The van der Waals surface area contributed by atoms with Crippen molar-refractivity contribution in [3.63, 3.8) is 0 Å². The molecule has 1 spiro atoms. The van der Waals surface area contributed by atoms with Crippen LogP contribution < -0.4 is 15.9 Å². The number of imidazole rings is 1. The molecule has 1 N–H and O–H groups in total. The Hall–Kier alpha value is -3.44. The minimum atomic E-state index is -3.07. The van der Waals surface area contributed by atoms with Gasteiger partial charge in [0.1, 0.15) is 11.6 Å². The molecule has 3 aliphatic rings. The number of piperidine rings is 3. The summed E-state index contributed by atoms with van der Waals surface area (Å²) in [6.07, 6.45) is 0.312. The van der Waals surface area contributed by atoms with Gasteiger partial charge in [0.05, 0.1) is 23.3 Å². The van der Waals surface area contributed by atoms with Crippen LogP contribution in [0.15, 0.2) is 23.0 Å². The number of imide groups is 1. The highest BCUT2D eigenvalue weighted by molar-refractivity contribution is 6.00. The Labute approximate surface area is 224 Å². The summed E-state index contributed by atoms with van der Waals surface area (Å²) >= 11 is 0. The van der Waals surface area contributed by atoms with Crippen LogP contribution in [0.2, 0.25) is 0 Å². The SMILES string of the molecule is Cn1c(=O)n(C2CCC(=O)NC2=O)c2cccc(N3CCC4(CCN(C(=O)OC(C)(C)C)CC4(F)F)CC3)c21. The van der Waals surface area contributed by atoms with Gasteiger partial charge in [-0.1, -0.05) is 6.07 Å². The fourth-order valence-corrected chi connectivity index (χ4v) is 6.19. The lowest BCUT2D eigenvalue weighted by molar-refractivity contribution is -0.174. The average molecular weight is 548 g/mol. The number of benzene rings is 1. The van der Waals surface area contributed by atoms with Crippen molar-refractivity contribution in [3.8, 4) is 0 Å². The number of aromatic nitrogens is 2. The molecular formula is C27H35F2N5O5. The molecule has 0 radical (unpaired) electrons. The summed E-state index contributed by atoms with van der Waals surface area (Å²) < 4.78 is 39.4. The van der Waals surface area contributed by atoms with E-state index in [2.05, 4.69) is 5.32 Å². The molecule has 12 heteroatoms. The van der Waals surface area contributed by atoms with Crippen molar-refractivity contribution in [2.24, 2.45) is 12.5 Å². The van der Waals surface area contributed by atoms with Gasteiger partial charge in [0.15, 0.2) is 0 Å². The summed E-state index contributed by atoms with van der Waals surface area (Å²) in [6.45, 7) is 5.39. The number of anilines is 1. The Morgan fingerprint density at radius 1 is 1.08 bits per heavy atom. The van der Waals surface area contributed by atoms with Crippen LogP contribution in [0.5, 0.6) is 0 Å². The van der Waals surface area contributed by atoms with E-state index in [1.165, 1.54) is 9.13 Å². The van der Waals surface area contributed by atoms with Crippen LogP contribution in [0.25, 0.3) is 11.0 Å². The molecule has 0 aliphatic carbocycles. The van der Waals surface area contributed by atoms with Crippen LogP contribution >= 0.6 is 0 Å². The van der Waals surface area contributed by atoms with Crippen LogP contribution in [0.4, 0.5) is 19.3 Å². The number of hydrogen-bond acceptors (Lipinski definition) is 6. The fraction of sp³-hybridized carbons (Fsp3) is 0.630. The predicted molar refractivity (Wildman–Crippen MR) is 140 cm³/mol. The fourth-order valence-electron chi connectivity index (χ4n) is 6.19. The molecule has 4 heterocycles. The number of halogens is 2. The Morgan fingerprint density at radius 2 is 1.74 bits per heavy atom. The van der Waals surface area contributed by atoms with Crippen molar-refractivity contribution in [1.82, 2.24) is 19.4 Å². The number of fused-ring (bicyclic) bond motifs is 1. The molecule has 10 nitrogen and oxygen atoms in total. The Kier molecular flexibility index (Phi) is 6.50. The van der Waals surface area contributed by atoms with Gasteiger partial charge >= 0.3 is 11.8 Å². The summed E-state index contributed by atoms with van der Waals surface area (Å²) in [5, 5.41) is 2.31. The van der Waals surface area contributed by atoms with E-state index in [1.807, 2.05) is 11.0 Å². The summed E-state index contributed by atoms with van der Waals surface area (Å²) in [7, 11) is 1.63. The van der Waals surface area contributed by atoms with E-state index in [0.717, 1.165) is 10.6 Å². The van der Waals surface area contributed by atoms with E-state index < -0.39 is 41.5 Å². The van der Waals surface area contributed by atoms with Gasteiger partial charge in [-0.25, -0.2) is 18.4 Å². The molecule has 2 aromatic rings. The third kappa shape index (κ3) is 4.67. The second kappa shape index (κ2) is 9.34. The van der Waals surface area contributed by atoms with Crippen molar-refractivity contribution in [1.29, 1.82) is 0 Å². The first kappa shape index (κ1) is 27.1. The standard InChI is InChI=1S/C27H35F2N5O5/c1-25(2,3)39-24(38)33-15-12-26(27(28,29)16-33)10-13-32(14-11-26)17-6-5-7-18-21(17)31(4)23(37)34(18)19-8-9-20(35)30-22(19)36/h5-7,19H,8-16H2,1-4H3,(H,30,35,36). The lowest BCUT2D eigenvalue weighted by atomic mass is 9.68. The smallest absolute Gasteiger partial charge is 0.410 e. The van der Waals surface area contributed by atoms with Gasteiger partial charge < -0.3 is 14.5 Å². The monoisotopic (exact) mass is 547 g/mol. The van der Waals surface area contributed by atoms with E-state index in [-0.39, 0.29) is 50.2 Å². The molecule has 3 aliphatic heterocycles. The van der Waals surface area contributed by atoms with Crippen molar-refractivity contribution in [2.45, 2.75) is 70.4 Å². The third-order valence-corrected chi connectivity index (χ3v) is 8.34. The maximum atomic E-state index is 15.6. The molecular weight excluding hydrogens is 512 g/mol. The van der Waals surface area contributed by atoms with E-state index in [4.69, 9.17) is 4.74 Å². The number of aryl methyl sites for hydroxylation is 1. The molecule has 1 atom stereocenters. The molecule has 3 fully saturated rings. The van der Waals surface area contributed by atoms with Crippen molar-refractivity contribution in [3.05, 3.63) is 28.7 Å². The van der Waals surface area contributed by atoms with Gasteiger partial charge in [0.25, 0.3) is 5.92 Å². The molecule has 3 saturated heterocycles. The first-order chi connectivity index (χ1) is 18.2. The van der Waals surface area contributed by atoms with Gasteiger partial charge in [-0.15, -0.1) is 0 Å². The molecule has 39 heavy (non-hydrogen) atoms. The number of hydrogen-bond donors (Lipinski definition) is 1. The zero-order chi connectivity index (χ0) is 28.3. The van der Waals surface area contributed by atoms with E-state index >= 15 is 8.78 Å². The quantitative estimate of drug-likeness (QED) is 0.579. The van der Waals surface area contributed by atoms with Gasteiger partial charge in [-0.05, 0) is 58.6 Å². The lowest BCUT2D eigenvalue weighted by Crippen LogP contribution is -2.60. The normalized spacial score (nSPS) is 23.3. The molecule has 0 saturated carbocycles. The molecule has 5 rings (SSSR count). The van der Waals surface area contributed by atoms with Gasteiger partial charge in [0, 0.05) is 38.5 Å². The topological polar surface area (TPSA) is 106 Å². The summed E-state index contributed by atoms with van der Waals surface area (Å²) in [6, 6.07) is 4.61. The van der Waals surface area contributed by atoms with Crippen LogP contribution in [-0.4, -0.2) is 69.6 Å². The van der Waals surface area contributed by atoms with Crippen molar-refractivity contribution in [2.75, 3.05) is 31.1 Å². The number of nitrogens with zero attached hydrogens (tertiary/aromatic N) is 4. The van der Waals surface area contributed by atoms with Crippen molar-refractivity contribution >= 4 is 34.6 Å². The number of carbonyl (C=O) groups is 3. The zero-order valence-corrected chi connectivity index (χ0v) is 22.8. The number of para-hydroxylation sites is 1. The van der Waals surface area contributed by atoms with E-state index in [0.29, 0.717) is 24.1 Å². The van der Waals surface area contributed by atoms with E-state index in [9.17, 15) is 19.2 Å². The zero-order valence-electron chi connectivity index (χ0n) is 22.8. The maximum Gasteiger partial charge on any atom is 0.410 e. The first-order valence-corrected chi connectivity index (χ1v) is 13.4. The molecule has 0 bridgehead atoms. The van der Waals surface area contributed by atoms with Gasteiger partial charge in [0.2, 0.25) is 11.8 Å². The average Bonchev–Trinajstić information content (AvgIpc) is 3.10. The second-order valence-corrected chi connectivity index (χ2v) is 11.9. The second-order valence-electron chi connectivity index (χ2n) is 11.9. The predicted octanol–water partition coefficient (Wildman–Crippen LogP) is 3.18. The Balaban J connectivity index is 1.37. The largest absolute Gasteiger partial charge is 0.444 e. The third-order valence-electron chi connectivity index (χ3n) is 8.34. The number of alkyl halides is 2. The van der Waals surface area contributed by atoms with E-state index in [1.54, 1.807) is 40.0 Å². The number of carbonyl (C=O) groups excluding carboxylic acids is 3. The van der Waals surface area contributed by atoms with Crippen LogP contribution in [0, 0.1) is 5.41 Å². The lowest BCUT2D eigenvalue weighted by Gasteiger charge is -2.51. The molecule has 1 aromatic carbocycles. The number of likely N-dealkylation sites (tertiary alicyclic amines) is 1. The first-order valence-electron chi connectivity index (χ1n) is 13.4. The summed E-state index contributed by atoms with van der Waals surface area (Å²) in [5.74, 6) is -3.94. The van der Waals surface area contributed by atoms with Crippen LogP contribution in [-0.2, 0) is 21.4 Å². The molecule has 1 aromatic heterocycles. The van der Waals surface area contributed by atoms with Crippen LogP contribution in [0.1, 0.15) is 58.9 Å². The highest BCUT2D eigenvalue weighted by Crippen LogP contribution is 2.51. The minimum absolute atomic E-state index is 0.146. The van der Waals surface area contributed by atoms with Gasteiger partial charge in [-0.2, -0.15) is 0 Å². The van der Waals surface area contributed by atoms with Gasteiger partial charge in [-0.3, -0.25) is 24.0 Å². The number of amides is 3. The summed E-state index contributed by atoms with van der Waals surface area (Å²) in [4.78, 5) is 53.0. The van der Waals surface area contributed by atoms with Crippen molar-refractivity contribution < 1.29 is 27.9 Å². The van der Waals surface area contributed by atoms with Crippen LogP contribution in [0.3, 0.4) is 0 Å². The minimum Gasteiger partial charge on any atom is -0.444 e. The maximum absolute atomic E-state index is 15.6. The highest BCUT2D eigenvalue weighted by Gasteiger charge is 2.58. The number of rotatable bonds is 2. The Morgan fingerprint density at radius 3 is 2.36 bits per heavy atom. The molecule has 212 valence electrons.